The summed E-state index contributed by atoms with van der Waals surface area (Å²) in [6.07, 6.45) is 14.1. The summed E-state index contributed by atoms with van der Waals surface area (Å²) in [6.45, 7) is 3.22. The van der Waals surface area contributed by atoms with Crippen LogP contribution in [0.5, 0.6) is 0 Å². The van der Waals surface area contributed by atoms with Crippen molar-refractivity contribution in [2.75, 3.05) is 6.61 Å². The fourth-order valence-corrected chi connectivity index (χ4v) is 1.69. The minimum absolute atomic E-state index is 0.436. The highest BCUT2D eigenvalue weighted by Crippen LogP contribution is 2.13. The summed E-state index contributed by atoms with van der Waals surface area (Å²) in [5.41, 5.74) is 0. The molecule has 0 bridgehead atoms. The molecule has 0 N–H and O–H groups in total. The van der Waals surface area contributed by atoms with Crippen LogP contribution >= 0.6 is 0 Å². The first kappa shape index (κ1) is 10.8. The Morgan fingerprint density at radius 2 is 2.23 bits per heavy atom. The summed E-state index contributed by atoms with van der Waals surface area (Å²) in [5, 5.41) is 0. The third-order valence-electron chi connectivity index (χ3n) is 2.54. The maximum Gasteiger partial charge on any atom is 0.0756 e. The number of rotatable bonds is 6. The zero-order chi connectivity index (χ0) is 9.36. The Hall–Kier alpha value is -0.300. The van der Waals surface area contributed by atoms with Gasteiger partial charge in [-0.05, 0) is 25.7 Å². The molecule has 0 saturated carbocycles. The molecule has 1 fully saturated rings. The van der Waals surface area contributed by atoms with E-state index in [9.17, 15) is 0 Å². The van der Waals surface area contributed by atoms with Crippen molar-refractivity contribution in [3.05, 3.63) is 12.2 Å². The van der Waals surface area contributed by atoms with Crippen LogP contribution in [-0.4, -0.2) is 12.7 Å². The second-order valence-electron chi connectivity index (χ2n) is 3.83. The molecular weight excluding hydrogens is 160 g/mol. The summed E-state index contributed by atoms with van der Waals surface area (Å²) < 4.78 is 5.49. The van der Waals surface area contributed by atoms with E-state index in [0.717, 1.165) is 6.61 Å². The summed E-state index contributed by atoms with van der Waals surface area (Å²) in [6, 6.07) is 0. The van der Waals surface area contributed by atoms with Crippen LogP contribution in [0.4, 0.5) is 0 Å². The fraction of sp³-hybridized carbons (Fsp3) is 0.833. The van der Waals surface area contributed by atoms with Crippen LogP contribution in [0, 0.1) is 0 Å². The van der Waals surface area contributed by atoms with Gasteiger partial charge >= 0.3 is 0 Å². The molecule has 1 aliphatic rings. The average Bonchev–Trinajstić information content (AvgIpc) is 2.63. The van der Waals surface area contributed by atoms with Crippen LogP contribution in [0.3, 0.4) is 0 Å². The lowest BCUT2D eigenvalue weighted by Crippen LogP contribution is -1.98. The lowest BCUT2D eigenvalue weighted by molar-refractivity contribution is 0.145. The molecule has 0 aromatic rings. The Kier molecular flexibility index (Phi) is 5.92. The van der Waals surface area contributed by atoms with Crippen molar-refractivity contribution in [3.63, 3.8) is 0 Å². The third kappa shape index (κ3) is 5.09. The summed E-state index contributed by atoms with van der Waals surface area (Å²) in [4.78, 5) is 0. The normalized spacial score (nSPS) is 23.0. The second kappa shape index (κ2) is 7.14. The van der Waals surface area contributed by atoms with Crippen molar-refractivity contribution in [2.45, 2.75) is 58.0 Å². The third-order valence-corrected chi connectivity index (χ3v) is 2.54. The van der Waals surface area contributed by atoms with Crippen LogP contribution in [0.15, 0.2) is 12.2 Å². The molecule has 1 nitrogen and oxygen atoms in total. The number of ether oxygens (including phenoxy) is 1. The van der Waals surface area contributed by atoms with E-state index in [1.807, 2.05) is 0 Å². The molecule has 1 atom stereocenters. The van der Waals surface area contributed by atoms with Gasteiger partial charge in [-0.2, -0.15) is 0 Å². The van der Waals surface area contributed by atoms with Gasteiger partial charge in [-0.25, -0.2) is 0 Å². The minimum atomic E-state index is 0.436. The molecule has 1 heterocycles. The van der Waals surface area contributed by atoms with Crippen molar-refractivity contribution in [1.82, 2.24) is 0 Å². The first-order valence-corrected chi connectivity index (χ1v) is 5.71. The number of allylic oxidation sites excluding steroid dienone is 1. The van der Waals surface area contributed by atoms with E-state index in [1.165, 1.54) is 44.9 Å². The molecule has 0 unspecified atom stereocenters. The SMILES string of the molecule is CCCCCC/C=C/[C@@H]1CCCO1. The van der Waals surface area contributed by atoms with E-state index in [2.05, 4.69) is 19.1 Å². The molecule has 1 saturated heterocycles. The molecule has 0 aliphatic carbocycles. The van der Waals surface area contributed by atoms with Gasteiger partial charge in [-0.3, -0.25) is 0 Å². The number of unbranched alkanes of at least 4 members (excludes halogenated alkanes) is 4. The second-order valence-corrected chi connectivity index (χ2v) is 3.83. The lowest BCUT2D eigenvalue weighted by Gasteiger charge is -2.01. The molecule has 0 spiro atoms. The topological polar surface area (TPSA) is 9.23 Å². The van der Waals surface area contributed by atoms with Gasteiger partial charge in [-0.1, -0.05) is 38.3 Å². The predicted octanol–water partition coefficient (Wildman–Crippen LogP) is 3.69. The van der Waals surface area contributed by atoms with E-state index >= 15 is 0 Å². The lowest BCUT2D eigenvalue weighted by atomic mass is 10.1. The van der Waals surface area contributed by atoms with Gasteiger partial charge in [0.15, 0.2) is 0 Å². The maximum atomic E-state index is 5.49. The highest BCUT2D eigenvalue weighted by atomic mass is 16.5. The molecular formula is C12H22O. The minimum Gasteiger partial charge on any atom is -0.374 e. The van der Waals surface area contributed by atoms with Gasteiger partial charge in [0.2, 0.25) is 0 Å². The molecule has 1 rings (SSSR count). The predicted molar refractivity (Wildman–Crippen MR) is 56.9 cm³/mol. The van der Waals surface area contributed by atoms with E-state index in [1.54, 1.807) is 0 Å². The highest BCUT2D eigenvalue weighted by Gasteiger charge is 2.10. The summed E-state index contributed by atoms with van der Waals surface area (Å²) in [7, 11) is 0. The van der Waals surface area contributed by atoms with Crippen molar-refractivity contribution >= 4 is 0 Å². The quantitative estimate of drug-likeness (QED) is 0.449. The van der Waals surface area contributed by atoms with Gasteiger partial charge < -0.3 is 4.74 Å². The summed E-state index contributed by atoms with van der Waals surface area (Å²) in [5.74, 6) is 0. The van der Waals surface area contributed by atoms with Gasteiger partial charge in [0.1, 0.15) is 0 Å². The van der Waals surface area contributed by atoms with Crippen molar-refractivity contribution in [1.29, 1.82) is 0 Å². The van der Waals surface area contributed by atoms with Gasteiger partial charge in [0, 0.05) is 6.61 Å². The first-order chi connectivity index (χ1) is 6.43. The molecule has 0 aromatic heterocycles. The monoisotopic (exact) mass is 182 g/mol. The Balaban J connectivity index is 1.91. The van der Waals surface area contributed by atoms with Crippen molar-refractivity contribution in [3.8, 4) is 0 Å². The summed E-state index contributed by atoms with van der Waals surface area (Å²) >= 11 is 0. The molecule has 76 valence electrons. The largest absolute Gasteiger partial charge is 0.374 e. The number of hydrogen-bond donors (Lipinski definition) is 0. The van der Waals surface area contributed by atoms with Crippen LogP contribution in [-0.2, 0) is 4.74 Å². The average molecular weight is 182 g/mol. The smallest absolute Gasteiger partial charge is 0.0756 e. The Morgan fingerprint density at radius 1 is 1.31 bits per heavy atom. The van der Waals surface area contributed by atoms with Crippen LogP contribution < -0.4 is 0 Å². The van der Waals surface area contributed by atoms with Crippen LogP contribution in [0.1, 0.15) is 51.9 Å². The molecule has 0 aromatic carbocycles. The first-order valence-electron chi connectivity index (χ1n) is 5.71. The maximum absolute atomic E-state index is 5.49. The fourth-order valence-electron chi connectivity index (χ4n) is 1.69. The van der Waals surface area contributed by atoms with E-state index in [4.69, 9.17) is 4.74 Å². The molecule has 13 heavy (non-hydrogen) atoms. The van der Waals surface area contributed by atoms with E-state index < -0.39 is 0 Å². The number of hydrogen-bond acceptors (Lipinski definition) is 1. The Morgan fingerprint density at radius 3 is 2.92 bits per heavy atom. The standard InChI is InChI=1S/C12H22O/c1-2-3-4-5-6-7-9-12-10-8-11-13-12/h7,9,12H,2-6,8,10-11H2,1H3/b9-7+/t12-/m1/s1. The van der Waals surface area contributed by atoms with E-state index in [-0.39, 0.29) is 0 Å². The van der Waals surface area contributed by atoms with Crippen molar-refractivity contribution < 1.29 is 4.74 Å². The van der Waals surface area contributed by atoms with Gasteiger partial charge in [-0.15, -0.1) is 0 Å². The molecule has 0 amide bonds. The molecule has 1 heteroatoms. The molecule has 0 radical (unpaired) electrons. The zero-order valence-corrected chi connectivity index (χ0v) is 8.80. The highest BCUT2D eigenvalue weighted by molar-refractivity contribution is 4.91. The van der Waals surface area contributed by atoms with Gasteiger partial charge in [0.05, 0.1) is 6.10 Å². The van der Waals surface area contributed by atoms with Crippen LogP contribution in [0.2, 0.25) is 0 Å². The Bertz CT molecular complexity index is 134. The van der Waals surface area contributed by atoms with Gasteiger partial charge in [0.25, 0.3) is 0 Å². The van der Waals surface area contributed by atoms with Crippen molar-refractivity contribution in [2.24, 2.45) is 0 Å². The Labute approximate surface area is 82.2 Å². The van der Waals surface area contributed by atoms with Crippen LogP contribution in [0.25, 0.3) is 0 Å². The zero-order valence-electron chi connectivity index (χ0n) is 8.80. The van der Waals surface area contributed by atoms with E-state index in [0.29, 0.717) is 6.10 Å². The molecule has 1 aliphatic heterocycles.